The predicted octanol–water partition coefficient (Wildman–Crippen LogP) is 5.14. The van der Waals surface area contributed by atoms with Crippen molar-refractivity contribution >= 4 is 16.9 Å². The van der Waals surface area contributed by atoms with Crippen LogP contribution in [0, 0.1) is 18.6 Å². The molecule has 0 saturated heterocycles. The Morgan fingerprint density at radius 3 is 2.54 bits per heavy atom. The summed E-state index contributed by atoms with van der Waals surface area (Å²) in [5.74, 6) is 0.213. The van der Waals surface area contributed by atoms with E-state index in [1.54, 1.807) is 49.2 Å². The molecule has 176 valence electrons. The lowest BCUT2D eigenvalue weighted by Crippen LogP contribution is -2.08. The predicted molar refractivity (Wildman–Crippen MR) is 129 cm³/mol. The maximum absolute atomic E-state index is 14.9. The van der Waals surface area contributed by atoms with Crippen LogP contribution in [0.25, 0.3) is 22.6 Å². The molecule has 5 aromatic rings. The quantitative estimate of drug-likeness (QED) is 0.353. The molecule has 0 saturated carbocycles. The zero-order valence-corrected chi connectivity index (χ0v) is 19.2. The minimum Gasteiger partial charge on any atom is -0.497 e. The Bertz CT molecular complexity index is 1500. The highest BCUT2D eigenvalue weighted by molar-refractivity contribution is 5.89. The zero-order valence-electron chi connectivity index (χ0n) is 19.2. The van der Waals surface area contributed by atoms with Crippen LogP contribution < -0.4 is 10.1 Å². The number of anilines is 1. The molecule has 1 N–H and O–H groups in total. The molecule has 9 heteroatoms. The van der Waals surface area contributed by atoms with Gasteiger partial charge in [-0.2, -0.15) is 5.10 Å². The summed E-state index contributed by atoms with van der Waals surface area (Å²) < 4.78 is 35.9. The second-order valence-electron chi connectivity index (χ2n) is 7.97. The number of hydrogen-bond acceptors (Lipinski definition) is 6. The molecular formula is C26H22F2N6O. The lowest BCUT2D eigenvalue weighted by atomic mass is 10.2. The van der Waals surface area contributed by atoms with Crippen LogP contribution in [-0.4, -0.2) is 31.8 Å². The van der Waals surface area contributed by atoms with Crippen LogP contribution in [0.4, 0.5) is 14.6 Å². The molecule has 3 heterocycles. The molecule has 0 spiro atoms. The van der Waals surface area contributed by atoms with Crippen LogP contribution in [0.2, 0.25) is 0 Å². The van der Waals surface area contributed by atoms with E-state index in [9.17, 15) is 8.78 Å². The van der Waals surface area contributed by atoms with Crippen LogP contribution >= 0.6 is 0 Å². The molecule has 35 heavy (non-hydrogen) atoms. The van der Waals surface area contributed by atoms with Crippen molar-refractivity contribution in [3.8, 4) is 17.3 Å². The number of rotatable bonds is 7. The molecule has 0 radical (unpaired) electrons. The fourth-order valence-electron chi connectivity index (χ4n) is 3.78. The molecular weight excluding hydrogens is 450 g/mol. The second-order valence-corrected chi connectivity index (χ2v) is 7.97. The number of fused-ring (bicyclic) bond motifs is 1. The molecule has 0 bridgehead atoms. The first kappa shape index (κ1) is 22.4. The van der Waals surface area contributed by atoms with Crippen molar-refractivity contribution in [2.45, 2.75) is 20.0 Å². The number of nitrogens with zero attached hydrogens (tertiary/aromatic N) is 5. The summed E-state index contributed by atoms with van der Waals surface area (Å²) in [6.07, 6.45) is 1.64. The topological polar surface area (TPSA) is 77.8 Å². The normalized spacial score (nSPS) is 11.1. The average Bonchev–Trinajstić information content (AvgIpc) is 3.25. The standard InChI is InChI=1S/C26H22F2N6O/c1-16-22(28)24(30-14-17-9-11-19(35-2)12-10-17)32-25(31-16)23-20-7-5-13-29-26(20)34(33-23)15-18-6-3-4-8-21(18)27/h3-13H,14-15H2,1-2H3,(H,30,31,32). The number of hydrogen-bond donors (Lipinski definition) is 1. The van der Waals surface area contributed by atoms with Crippen molar-refractivity contribution < 1.29 is 13.5 Å². The molecule has 7 nitrogen and oxygen atoms in total. The number of halogens is 2. The Labute approximate surface area is 200 Å². The summed E-state index contributed by atoms with van der Waals surface area (Å²) in [4.78, 5) is 13.2. The second kappa shape index (κ2) is 9.46. The first-order chi connectivity index (χ1) is 17.0. The summed E-state index contributed by atoms with van der Waals surface area (Å²) in [6.45, 7) is 2.12. The summed E-state index contributed by atoms with van der Waals surface area (Å²) in [5.41, 5.74) is 2.61. The molecule has 0 unspecified atom stereocenters. The van der Waals surface area contributed by atoms with Gasteiger partial charge in [-0.25, -0.2) is 28.4 Å². The van der Waals surface area contributed by atoms with Gasteiger partial charge >= 0.3 is 0 Å². The van der Waals surface area contributed by atoms with Gasteiger partial charge in [-0.05, 0) is 42.8 Å². The largest absolute Gasteiger partial charge is 0.497 e. The van der Waals surface area contributed by atoms with Crippen LogP contribution in [0.5, 0.6) is 5.75 Å². The SMILES string of the molecule is COc1ccc(CNc2nc(-c3nn(Cc4ccccc4F)c4ncccc34)nc(C)c2F)cc1. The maximum Gasteiger partial charge on any atom is 0.186 e. The third-order valence-electron chi connectivity index (χ3n) is 5.63. The third kappa shape index (κ3) is 4.52. The fraction of sp³-hybridized carbons (Fsp3) is 0.154. The van der Waals surface area contributed by atoms with Gasteiger partial charge in [-0.3, -0.25) is 0 Å². The van der Waals surface area contributed by atoms with E-state index < -0.39 is 5.82 Å². The van der Waals surface area contributed by atoms with Crippen molar-refractivity contribution in [3.05, 3.63) is 95.3 Å². The van der Waals surface area contributed by atoms with E-state index in [0.29, 0.717) is 28.8 Å². The minimum atomic E-state index is -0.532. The van der Waals surface area contributed by atoms with Crippen LogP contribution in [-0.2, 0) is 13.1 Å². The van der Waals surface area contributed by atoms with Gasteiger partial charge in [-0.15, -0.1) is 0 Å². The smallest absolute Gasteiger partial charge is 0.186 e. The van der Waals surface area contributed by atoms with Gasteiger partial charge in [0.15, 0.2) is 23.1 Å². The third-order valence-corrected chi connectivity index (χ3v) is 5.63. The van der Waals surface area contributed by atoms with E-state index in [2.05, 4.69) is 25.4 Å². The lowest BCUT2D eigenvalue weighted by Gasteiger charge is -2.10. The lowest BCUT2D eigenvalue weighted by molar-refractivity contribution is 0.414. The summed E-state index contributed by atoms with van der Waals surface area (Å²) in [7, 11) is 1.60. The molecule has 0 fully saturated rings. The van der Waals surface area contributed by atoms with Crippen molar-refractivity contribution in [1.82, 2.24) is 24.7 Å². The van der Waals surface area contributed by atoms with Gasteiger partial charge in [0, 0.05) is 18.3 Å². The van der Waals surface area contributed by atoms with Gasteiger partial charge in [0.05, 0.1) is 24.7 Å². The Hall–Kier alpha value is -4.40. The molecule has 0 atom stereocenters. The van der Waals surface area contributed by atoms with Crippen LogP contribution in [0.3, 0.4) is 0 Å². The van der Waals surface area contributed by atoms with Crippen molar-refractivity contribution in [3.63, 3.8) is 0 Å². The van der Waals surface area contributed by atoms with Gasteiger partial charge in [0.1, 0.15) is 17.3 Å². The Morgan fingerprint density at radius 2 is 1.77 bits per heavy atom. The summed E-state index contributed by atoms with van der Waals surface area (Å²) in [5, 5.41) is 8.39. The minimum absolute atomic E-state index is 0.0732. The number of aryl methyl sites for hydroxylation is 1. The Morgan fingerprint density at radius 1 is 0.971 bits per heavy atom. The van der Waals surface area contributed by atoms with Crippen molar-refractivity contribution in [2.75, 3.05) is 12.4 Å². The van der Waals surface area contributed by atoms with E-state index in [-0.39, 0.29) is 29.7 Å². The summed E-state index contributed by atoms with van der Waals surface area (Å²) in [6, 6.07) is 17.6. The molecule has 5 rings (SSSR count). The number of methoxy groups -OCH3 is 1. The average molecular weight is 472 g/mol. The zero-order chi connectivity index (χ0) is 24.4. The molecule has 0 aliphatic rings. The summed E-state index contributed by atoms with van der Waals surface area (Å²) >= 11 is 0. The first-order valence-electron chi connectivity index (χ1n) is 11.0. The van der Waals surface area contributed by atoms with E-state index in [1.165, 1.54) is 6.07 Å². The Balaban J connectivity index is 1.50. The molecule has 0 amide bonds. The highest BCUT2D eigenvalue weighted by atomic mass is 19.1. The highest BCUT2D eigenvalue weighted by Crippen LogP contribution is 2.28. The maximum atomic E-state index is 14.9. The number of nitrogens with one attached hydrogen (secondary N) is 1. The highest BCUT2D eigenvalue weighted by Gasteiger charge is 2.20. The van der Waals surface area contributed by atoms with Crippen LogP contribution in [0.1, 0.15) is 16.8 Å². The van der Waals surface area contributed by atoms with Gasteiger partial charge in [0.2, 0.25) is 0 Å². The number of ether oxygens (including phenoxy) is 1. The van der Waals surface area contributed by atoms with Gasteiger partial charge < -0.3 is 10.1 Å². The van der Waals surface area contributed by atoms with E-state index >= 15 is 0 Å². The van der Waals surface area contributed by atoms with Gasteiger partial charge in [-0.1, -0.05) is 30.3 Å². The molecule has 0 aliphatic heterocycles. The van der Waals surface area contributed by atoms with Crippen LogP contribution in [0.15, 0.2) is 66.9 Å². The number of pyridine rings is 1. The molecule has 2 aromatic carbocycles. The van der Waals surface area contributed by atoms with E-state index in [0.717, 1.165) is 11.3 Å². The van der Waals surface area contributed by atoms with E-state index in [1.807, 2.05) is 30.3 Å². The molecule has 0 aliphatic carbocycles. The number of benzene rings is 2. The Kier molecular flexibility index (Phi) is 6.05. The fourth-order valence-corrected chi connectivity index (χ4v) is 3.78. The van der Waals surface area contributed by atoms with Gasteiger partial charge in [0.25, 0.3) is 0 Å². The monoisotopic (exact) mass is 472 g/mol. The van der Waals surface area contributed by atoms with Crippen molar-refractivity contribution in [2.24, 2.45) is 0 Å². The van der Waals surface area contributed by atoms with E-state index in [4.69, 9.17) is 4.74 Å². The first-order valence-corrected chi connectivity index (χ1v) is 11.0. The van der Waals surface area contributed by atoms with Crippen molar-refractivity contribution in [1.29, 1.82) is 0 Å². The molecule has 3 aromatic heterocycles. The number of aromatic nitrogens is 5.